The lowest BCUT2D eigenvalue weighted by Gasteiger charge is -2.39. The molecule has 0 saturated carbocycles. The van der Waals surface area contributed by atoms with Crippen LogP contribution in [0, 0.1) is 5.92 Å². The van der Waals surface area contributed by atoms with Crippen molar-refractivity contribution in [2.24, 2.45) is 10.9 Å². The van der Waals surface area contributed by atoms with E-state index in [1.54, 1.807) is 24.5 Å². The van der Waals surface area contributed by atoms with Crippen molar-refractivity contribution in [2.75, 3.05) is 33.2 Å². The van der Waals surface area contributed by atoms with Crippen molar-refractivity contribution in [1.82, 2.24) is 20.5 Å². The molecular formula is C22H30IN5O. The molecule has 0 radical (unpaired) electrons. The van der Waals surface area contributed by atoms with Crippen LogP contribution in [0.15, 0.2) is 59.9 Å². The Morgan fingerprint density at radius 2 is 1.93 bits per heavy atom. The first-order chi connectivity index (χ1) is 13.7. The van der Waals surface area contributed by atoms with E-state index >= 15 is 0 Å². The van der Waals surface area contributed by atoms with Crippen molar-refractivity contribution >= 4 is 35.8 Å². The molecule has 29 heavy (non-hydrogen) atoms. The molecule has 2 atom stereocenters. The molecule has 6 nitrogen and oxygen atoms in total. The zero-order chi connectivity index (χ0) is 19.8. The molecular weight excluding hydrogens is 477 g/mol. The summed E-state index contributed by atoms with van der Waals surface area (Å²) in [5, 5.41) is 6.27. The minimum absolute atomic E-state index is 0. The summed E-state index contributed by atoms with van der Waals surface area (Å²) in [6.07, 6.45) is 4.34. The van der Waals surface area contributed by atoms with E-state index in [1.165, 1.54) is 5.56 Å². The highest BCUT2D eigenvalue weighted by molar-refractivity contribution is 14.0. The number of piperidine rings is 1. The number of rotatable bonds is 5. The van der Waals surface area contributed by atoms with Crippen molar-refractivity contribution in [2.45, 2.75) is 19.3 Å². The van der Waals surface area contributed by atoms with E-state index in [0.717, 1.165) is 25.5 Å². The first-order valence-corrected chi connectivity index (χ1v) is 9.88. The SMILES string of the molecule is CN=C(NCCNC(=O)c1cccnc1)N1CCC(c2ccccc2)C(C)C1.I. The number of amides is 1. The van der Waals surface area contributed by atoms with E-state index in [1.807, 2.05) is 7.05 Å². The van der Waals surface area contributed by atoms with Crippen molar-refractivity contribution < 1.29 is 4.79 Å². The molecule has 2 aromatic rings. The maximum atomic E-state index is 12.1. The zero-order valence-corrected chi connectivity index (χ0v) is 19.4. The zero-order valence-electron chi connectivity index (χ0n) is 17.0. The van der Waals surface area contributed by atoms with Crippen LogP contribution < -0.4 is 10.6 Å². The highest BCUT2D eigenvalue weighted by atomic mass is 127. The minimum Gasteiger partial charge on any atom is -0.354 e. The number of hydrogen-bond acceptors (Lipinski definition) is 3. The summed E-state index contributed by atoms with van der Waals surface area (Å²) in [7, 11) is 1.81. The number of nitrogens with zero attached hydrogens (tertiary/aromatic N) is 3. The molecule has 0 spiro atoms. The average molecular weight is 507 g/mol. The summed E-state index contributed by atoms with van der Waals surface area (Å²) >= 11 is 0. The lowest BCUT2D eigenvalue weighted by molar-refractivity contribution is 0.0954. The molecule has 1 aliphatic rings. The molecule has 2 N–H and O–H groups in total. The monoisotopic (exact) mass is 507 g/mol. The third-order valence-electron chi connectivity index (χ3n) is 5.26. The molecule has 1 aliphatic heterocycles. The van der Waals surface area contributed by atoms with Gasteiger partial charge in [-0.1, -0.05) is 37.3 Å². The highest BCUT2D eigenvalue weighted by Gasteiger charge is 2.28. The van der Waals surface area contributed by atoms with Gasteiger partial charge in [0.15, 0.2) is 5.96 Å². The molecule has 1 saturated heterocycles. The Balaban J connectivity index is 0.00000300. The van der Waals surface area contributed by atoms with Crippen LogP contribution in [0.1, 0.15) is 35.2 Å². The lowest BCUT2D eigenvalue weighted by Crippen LogP contribution is -2.49. The number of carbonyl (C=O) groups is 1. The Morgan fingerprint density at radius 1 is 1.17 bits per heavy atom. The summed E-state index contributed by atoms with van der Waals surface area (Å²) in [6.45, 7) is 5.42. The average Bonchev–Trinajstić information content (AvgIpc) is 2.75. The number of carbonyl (C=O) groups excluding carboxylic acids is 1. The minimum atomic E-state index is -0.109. The van der Waals surface area contributed by atoms with Gasteiger partial charge in [-0.3, -0.25) is 14.8 Å². The molecule has 1 aromatic heterocycles. The van der Waals surface area contributed by atoms with Gasteiger partial charge in [0.2, 0.25) is 0 Å². The second-order valence-electron chi connectivity index (χ2n) is 7.20. The predicted octanol–water partition coefficient (Wildman–Crippen LogP) is 3.13. The van der Waals surface area contributed by atoms with Gasteiger partial charge in [0, 0.05) is 45.6 Å². The van der Waals surface area contributed by atoms with Crippen LogP contribution in [0.3, 0.4) is 0 Å². The van der Waals surface area contributed by atoms with E-state index in [9.17, 15) is 4.79 Å². The maximum Gasteiger partial charge on any atom is 0.252 e. The largest absolute Gasteiger partial charge is 0.354 e. The van der Waals surface area contributed by atoms with E-state index < -0.39 is 0 Å². The smallest absolute Gasteiger partial charge is 0.252 e. The molecule has 156 valence electrons. The fourth-order valence-corrected chi connectivity index (χ4v) is 3.82. The Kier molecular flexibility index (Phi) is 9.37. The fourth-order valence-electron chi connectivity index (χ4n) is 3.82. The number of benzene rings is 1. The molecule has 3 rings (SSSR count). The molecule has 1 aromatic carbocycles. The van der Waals surface area contributed by atoms with Gasteiger partial charge >= 0.3 is 0 Å². The van der Waals surface area contributed by atoms with Gasteiger partial charge in [-0.25, -0.2) is 0 Å². The van der Waals surface area contributed by atoms with E-state index in [-0.39, 0.29) is 29.9 Å². The van der Waals surface area contributed by atoms with Gasteiger partial charge in [0.1, 0.15) is 0 Å². The number of nitrogens with one attached hydrogen (secondary N) is 2. The molecule has 7 heteroatoms. The van der Waals surface area contributed by atoms with Gasteiger partial charge in [0.05, 0.1) is 5.56 Å². The van der Waals surface area contributed by atoms with E-state index in [2.05, 4.69) is 62.8 Å². The highest BCUT2D eigenvalue weighted by Crippen LogP contribution is 2.32. The molecule has 0 bridgehead atoms. The number of halogens is 1. The topological polar surface area (TPSA) is 69.6 Å². The van der Waals surface area contributed by atoms with Crippen LogP contribution >= 0.6 is 24.0 Å². The predicted molar refractivity (Wildman–Crippen MR) is 128 cm³/mol. The number of aromatic nitrogens is 1. The lowest BCUT2D eigenvalue weighted by atomic mass is 9.82. The Morgan fingerprint density at radius 3 is 2.59 bits per heavy atom. The van der Waals surface area contributed by atoms with Crippen LogP contribution in [-0.4, -0.2) is 55.0 Å². The molecule has 2 unspecified atom stereocenters. The van der Waals surface area contributed by atoms with E-state index in [0.29, 0.717) is 30.5 Å². The number of aliphatic imine (C=N–C) groups is 1. The number of pyridine rings is 1. The second kappa shape index (κ2) is 11.7. The van der Waals surface area contributed by atoms with Gasteiger partial charge in [-0.15, -0.1) is 24.0 Å². The summed E-state index contributed by atoms with van der Waals surface area (Å²) in [4.78, 5) is 22.8. The Labute approximate surface area is 190 Å². The van der Waals surface area contributed by atoms with E-state index in [4.69, 9.17) is 0 Å². The first kappa shape index (κ1) is 23.1. The molecule has 1 fully saturated rings. The molecule has 0 aliphatic carbocycles. The number of likely N-dealkylation sites (tertiary alicyclic amines) is 1. The third kappa shape index (κ3) is 6.42. The number of hydrogen-bond donors (Lipinski definition) is 2. The van der Waals surface area contributed by atoms with Gasteiger partial charge in [-0.2, -0.15) is 0 Å². The van der Waals surface area contributed by atoms with Crippen molar-refractivity contribution in [1.29, 1.82) is 0 Å². The maximum absolute atomic E-state index is 12.1. The van der Waals surface area contributed by atoms with Crippen molar-refractivity contribution in [3.8, 4) is 0 Å². The van der Waals surface area contributed by atoms with Gasteiger partial charge < -0.3 is 15.5 Å². The third-order valence-corrected chi connectivity index (χ3v) is 5.26. The van der Waals surface area contributed by atoms with Crippen LogP contribution in [0.5, 0.6) is 0 Å². The Hall–Kier alpha value is -2.16. The van der Waals surface area contributed by atoms with Crippen molar-refractivity contribution in [3.63, 3.8) is 0 Å². The summed E-state index contributed by atoms with van der Waals surface area (Å²) in [5.41, 5.74) is 2.00. The van der Waals surface area contributed by atoms with Crippen LogP contribution in [0.4, 0.5) is 0 Å². The van der Waals surface area contributed by atoms with Crippen LogP contribution in [0.25, 0.3) is 0 Å². The second-order valence-corrected chi connectivity index (χ2v) is 7.20. The summed E-state index contributed by atoms with van der Waals surface area (Å²) in [6, 6.07) is 14.3. The standard InChI is InChI=1S/C22H29N5O.HI/c1-17-16-27(14-10-20(17)18-7-4-3-5-8-18)22(23-2)26-13-12-25-21(28)19-9-6-11-24-15-19;/h3-9,11,15,17,20H,10,12-14,16H2,1-2H3,(H,23,26)(H,25,28);1H. The number of guanidine groups is 1. The van der Waals surface area contributed by atoms with Crippen LogP contribution in [0.2, 0.25) is 0 Å². The summed E-state index contributed by atoms with van der Waals surface area (Å²) in [5.74, 6) is 1.94. The van der Waals surface area contributed by atoms with Gasteiger partial charge in [-0.05, 0) is 36.0 Å². The summed E-state index contributed by atoms with van der Waals surface area (Å²) < 4.78 is 0. The molecule has 1 amide bonds. The van der Waals surface area contributed by atoms with Crippen molar-refractivity contribution in [3.05, 3.63) is 66.0 Å². The first-order valence-electron chi connectivity index (χ1n) is 9.88. The Bertz CT molecular complexity index is 784. The quantitative estimate of drug-likeness (QED) is 0.283. The normalized spacial score (nSPS) is 19.2. The fraction of sp³-hybridized carbons (Fsp3) is 0.409. The van der Waals surface area contributed by atoms with Gasteiger partial charge in [0.25, 0.3) is 5.91 Å². The van der Waals surface area contributed by atoms with Crippen LogP contribution in [-0.2, 0) is 0 Å². The molecule has 2 heterocycles.